The monoisotopic (exact) mass is 271 g/mol. The van der Waals surface area contributed by atoms with Gasteiger partial charge in [-0.1, -0.05) is 6.92 Å². The van der Waals surface area contributed by atoms with Crippen LogP contribution in [-0.2, 0) is 4.79 Å². The van der Waals surface area contributed by atoms with Crippen LogP contribution in [0.4, 0.5) is 4.79 Å². The summed E-state index contributed by atoms with van der Waals surface area (Å²) in [5.41, 5.74) is 0. The third-order valence-corrected chi connectivity index (χ3v) is 3.48. The van der Waals surface area contributed by atoms with Gasteiger partial charge >= 0.3 is 12.0 Å². The minimum absolute atomic E-state index is 0.127. The smallest absolute Gasteiger partial charge is 0.315 e. The van der Waals surface area contributed by atoms with Gasteiger partial charge in [0.25, 0.3) is 0 Å². The number of nitrogens with zero attached hydrogens (tertiary/aromatic N) is 1. The number of aromatic nitrogens is 1. The average molecular weight is 271 g/mol. The highest BCUT2D eigenvalue weighted by atomic mass is 32.1. The summed E-state index contributed by atoms with van der Waals surface area (Å²) >= 11 is 1.46. The second-order valence-corrected chi connectivity index (χ2v) is 4.82. The molecular weight excluding hydrogens is 254 g/mol. The van der Waals surface area contributed by atoms with Gasteiger partial charge in [0.2, 0.25) is 0 Å². The van der Waals surface area contributed by atoms with Crippen molar-refractivity contribution in [3.05, 3.63) is 16.6 Å². The molecule has 1 heterocycles. The van der Waals surface area contributed by atoms with E-state index in [9.17, 15) is 9.59 Å². The number of thiazole rings is 1. The highest BCUT2D eigenvalue weighted by molar-refractivity contribution is 7.09. The van der Waals surface area contributed by atoms with Crippen LogP contribution >= 0.6 is 11.3 Å². The maximum atomic E-state index is 11.6. The molecule has 2 unspecified atom stereocenters. The van der Waals surface area contributed by atoms with Gasteiger partial charge in [-0.05, 0) is 13.3 Å². The standard InChI is InChI=1S/C11H17N3O3S/c1-3-8(10(15)16)6-13-11(17)14-7(2)9-12-4-5-18-9/h4-5,7-8H,3,6H2,1-2H3,(H,15,16)(H2,13,14,17). The molecule has 0 aromatic carbocycles. The number of carbonyl (C=O) groups is 2. The largest absolute Gasteiger partial charge is 0.481 e. The molecular formula is C11H17N3O3S. The lowest BCUT2D eigenvalue weighted by atomic mass is 10.1. The van der Waals surface area contributed by atoms with Gasteiger partial charge in [-0.2, -0.15) is 0 Å². The van der Waals surface area contributed by atoms with Crippen LogP contribution in [0.15, 0.2) is 11.6 Å². The van der Waals surface area contributed by atoms with E-state index in [-0.39, 0.29) is 18.6 Å². The molecule has 3 N–H and O–H groups in total. The zero-order valence-electron chi connectivity index (χ0n) is 10.3. The van der Waals surface area contributed by atoms with Crippen LogP contribution in [0.25, 0.3) is 0 Å². The first-order chi connectivity index (χ1) is 8.54. The summed E-state index contributed by atoms with van der Waals surface area (Å²) in [5, 5.41) is 16.7. The molecule has 0 aliphatic carbocycles. The fourth-order valence-corrected chi connectivity index (χ4v) is 2.03. The van der Waals surface area contributed by atoms with Crippen LogP contribution in [0, 0.1) is 5.92 Å². The van der Waals surface area contributed by atoms with Gasteiger partial charge in [0, 0.05) is 18.1 Å². The van der Waals surface area contributed by atoms with Crippen LogP contribution in [0.3, 0.4) is 0 Å². The summed E-state index contributed by atoms with van der Waals surface area (Å²) < 4.78 is 0. The molecule has 1 rings (SSSR count). The zero-order chi connectivity index (χ0) is 13.5. The van der Waals surface area contributed by atoms with E-state index < -0.39 is 11.9 Å². The third kappa shape index (κ3) is 4.33. The molecule has 0 saturated carbocycles. The Bertz CT molecular complexity index is 394. The number of hydrogen-bond acceptors (Lipinski definition) is 4. The zero-order valence-corrected chi connectivity index (χ0v) is 11.2. The topological polar surface area (TPSA) is 91.3 Å². The molecule has 0 saturated heterocycles. The normalized spacial score (nSPS) is 13.7. The first kappa shape index (κ1) is 14.4. The quantitative estimate of drug-likeness (QED) is 0.733. The van der Waals surface area contributed by atoms with Crippen molar-refractivity contribution in [1.29, 1.82) is 0 Å². The number of rotatable bonds is 6. The molecule has 7 heteroatoms. The molecule has 100 valence electrons. The molecule has 0 spiro atoms. The second-order valence-electron chi connectivity index (χ2n) is 3.89. The van der Waals surface area contributed by atoms with E-state index in [2.05, 4.69) is 15.6 Å². The summed E-state index contributed by atoms with van der Waals surface area (Å²) in [6.07, 6.45) is 2.16. The average Bonchev–Trinajstić information content (AvgIpc) is 2.82. The number of hydrogen-bond donors (Lipinski definition) is 3. The lowest BCUT2D eigenvalue weighted by Crippen LogP contribution is -2.40. The molecule has 0 bridgehead atoms. The van der Waals surface area contributed by atoms with Crippen molar-refractivity contribution in [3.63, 3.8) is 0 Å². The number of aliphatic carboxylic acids is 1. The molecule has 0 fully saturated rings. The molecule has 18 heavy (non-hydrogen) atoms. The molecule has 1 aromatic heterocycles. The Labute approximate surface area is 109 Å². The van der Waals surface area contributed by atoms with Crippen LogP contribution in [0.1, 0.15) is 31.3 Å². The summed E-state index contributed by atoms with van der Waals surface area (Å²) in [6.45, 7) is 3.73. The first-order valence-electron chi connectivity index (χ1n) is 5.71. The van der Waals surface area contributed by atoms with Crippen LogP contribution in [0.2, 0.25) is 0 Å². The SMILES string of the molecule is CCC(CNC(=O)NC(C)c1nccs1)C(=O)O. The van der Waals surface area contributed by atoms with Crippen molar-refractivity contribution in [1.82, 2.24) is 15.6 Å². The molecule has 0 radical (unpaired) electrons. The van der Waals surface area contributed by atoms with E-state index >= 15 is 0 Å². The maximum absolute atomic E-state index is 11.6. The van der Waals surface area contributed by atoms with Gasteiger partial charge in [-0.25, -0.2) is 9.78 Å². The Morgan fingerprint density at radius 3 is 2.78 bits per heavy atom. The van der Waals surface area contributed by atoms with Gasteiger partial charge in [-0.3, -0.25) is 4.79 Å². The number of amides is 2. The lowest BCUT2D eigenvalue weighted by molar-refractivity contribution is -0.141. The number of carbonyl (C=O) groups excluding carboxylic acids is 1. The summed E-state index contributed by atoms with van der Waals surface area (Å²) in [5.74, 6) is -1.45. The summed E-state index contributed by atoms with van der Waals surface area (Å²) in [7, 11) is 0. The van der Waals surface area contributed by atoms with Crippen LogP contribution in [-0.4, -0.2) is 28.6 Å². The Balaban J connectivity index is 2.35. The first-order valence-corrected chi connectivity index (χ1v) is 6.59. The van der Waals surface area contributed by atoms with E-state index in [4.69, 9.17) is 5.11 Å². The number of urea groups is 1. The Morgan fingerprint density at radius 1 is 1.56 bits per heavy atom. The second kappa shape index (κ2) is 6.95. The van der Waals surface area contributed by atoms with Crippen LogP contribution < -0.4 is 10.6 Å². The van der Waals surface area contributed by atoms with Crippen molar-refractivity contribution >= 4 is 23.3 Å². The molecule has 1 aromatic rings. The van der Waals surface area contributed by atoms with E-state index in [0.29, 0.717) is 6.42 Å². The van der Waals surface area contributed by atoms with Crippen molar-refractivity contribution in [2.24, 2.45) is 5.92 Å². The molecule has 2 atom stereocenters. The Morgan fingerprint density at radius 2 is 2.28 bits per heavy atom. The fourth-order valence-electron chi connectivity index (χ4n) is 1.38. The van der Waals surface area contributed by atoms with Gasteiger partial charge in [-0.15, -0.1) is 11.3 Å². The highest BCUT2D eigenvalue weighted by Crippen LogP contribution is 2.14. The predicted molar refractivity (Wildman–Crippen MR) is 68.5 cm³/mol. The van der Waals surface area contributed by atoms with Crippen molar-refractivity contribution in [2.75, 3.05) is 6.54 Å². The molecule has 6 nitrogen and oxygen atoms in total. The van der Waals surface area contributed by atoms with E-state index in [1.54, 1.807) is 13.1 Å². The highest BCUT2D eigenvalue weighted by Gasteiger charge is 2.17. The molecule has 0 aliphatic rings. The van der Waals surface area contributed by atoms with Gasteiger partial charge < -0.3 is 15.7 Å². The predicted octanol–water partition coefficient (Wildman–Crippen LogP) is 1.61. The number of carboxylic acid groups (broad SMARTS) is 1. The minimum atomic E-state index is -0.897. The summed E-state index contributed by atoms with van der Waals surface area (Å²) in [6, 6.07) is -0.563. The third-order valence-electron chi connectivity index (χ3n) is 2.52. The van der Waals surface area contributed by atoms with Crippen LogP contribution in [0.5, 0.6) is 0 Å². The van der Waals surface area contributed by atoms with E-state index in [1.807, 2.05) is 12.3 Å². The van der Waals surface area contributed by atoms with Gasteiger partial charge in [0.1, 0.15) is 5.01 Å². The van der Waals surface area contributed by atoms with Crippen molar-refractivity contribution in [2.45, 2.75) is 26.3 Å². The fraction of sp³-hybridized carbons (Fsp3) is 0.545. The maximum Gasteiger partial charge on any atom is 0.315 e. The number of carboxylic acids is 1. The van der Waals surface area contributed by atoms with Crippen molar-refractivity contribution in [3.8, 4) is 0 Å². The Hall–Kier alpha value is -1.63. The van der Waals surface area contributed by atoms with Crippen molar-refractivity contribution < 1.29 is 14.7 Å². The van der Waals surface area contributed by atoms with E-state index in [0.717, 1.165) is 5.01 Å². The minimum Gasteiger partial charge on any atom is -0.481 e. The van der Waals surface area contributed by atoms with Gasteiger partial charge in [0.15, 0.2) is 0 Å². The molecule has 2 amide bonds. The lowest BCUT2D eigenvalue weighted by Gasteiger charge is -2.14. The van der Waals surface area contributed by atoms with Gasteiger partial charge in [0.05, 0.1) is 12.0 Å². The summed E-state index contributed by atoms with van der Waals surface area (Å²) in [4.78, 5) is 26.4. The van der Waals surface area contributed by atoms with E-state index in [1.165, 1.54) is 11.3 Å². The number of nitrogens with one attached hydrogen (secondary N) is 2. The Kier molecular flexibility index (Phi) is 5.57. The molecule has 0 aliphatic heterocycles.